The number of aryl methyl sites for hydroxylation is 1. The summed E-state index contributed by atoms with van der Waals surface area (Å²) in [6.45, 7) is 2.18. The van der Waals surface area contributed by atoms with Crippen molar-refractivity contribution >= 4 is 23.2 Å². The van der Waals surface area contributed by atoms with E-state index in [1.54, 1.807) is 36.3 Å². The number of nitrogens with zero attached hydrogens (tertiary/aromatic N) is 2. The number of halogens is 1. The lowest BCUT2D eigenvalue weighted by Gasteiger charge is -2.32. The number of rotatable bonds is 4. The summed E-state index contributed by atoms with van der Waals surface area (Å²) in [5.41, 5.74) is 3.19. The van der Waals surface area contributed by atoms with Crippen molar-refractivity contribution in [2.45, 2.75) is 19.5 Å². The summed E-state index contributed by atoms with van der Waals surface area (Å²) in [5, 5.41) is 2.93. The largest absolute Gasteiger partial charge is 1.00 e. The number of anilines is 2. The molecule has 0 radical (unpaired) electrons. The number of benzene rings is 2. The zero-order valence-electron chi connectivity index (χ0n) is 16.7. The van der Waals surface area contributed by atoms with Crippen LogP contribution in [0.2, 0.25) is 0 Å². The van der Waals surface area contributed by atoms with Crippen LogP contribution in [-0.2, 0) is 16.1 Å². The Bertz CT molecular complexity index is 1050. The highest BCUT2D eigenvalue weighted by Crippen LogP contribution is 2.30. The molecule has 2 aromatic carbocycles. The van der Waals surface area contributed by atoms with E-state index in [1.807, 2.05) is 60.2 Å². The third-order valence-electron chi connectivity index (χ3n) is 5.01. The number of pyridine rings is 1. The first-order valence-electron chi connectivity index (χ1n) is 9.39. The van der Waals surface area contributed by atoms with Crippen molar-refractivity contribution in [1.29, 1.82) is 0 Å². The zero-order valence-corrected chi connectivity index (χ0v) is 18.9. The predicted molar refractivity (Wildman–Crippen MR) is 110 cm³/mol. The van der Waals surface area contributed by atoms with E-state index >= 15 is 0 Å². The van der Waals surface area contributed by atoms with Crippen molar-refractivity contribution in [2.24, 2.45) is 0 Å². The molecule has 1 unspecified atom stereocenters. The number of ether oxygens (including phenoxy) is 1. The molecule has 0 saturated carbocycles. The lowest BCUT2D eigenvalue weighted by Crippen LogP contribution is -3.00. The molecule has 0 saturated heterocycles. The van der Waals surface area contributed by atoms with Gasteiger partial charge in [-0.1, -0.05) is 23.8 Å². The molecule has 3 aromatic rings. The fourth-order valence-corrected chi connectivity index (χ4v) is 3.51. The lowest BCUT2D eigenvalue weighted by molar-refractivity contribution is -0.695. The maximum absolute atomic E-state index is 13.3. The van der Waals surface area contributed by atoms with Crippen molar-refractivity contribution in [3.8, 4) is 5.75 Å². The molecule has 4 rings (SSSR count). The molecule has 154 valence electrons. The molecule has 2 heterocycles. The maximum Gasteiger partial charge on any atom is 0.294 e. The number of fused-ring (bicyclic) bond motifs is 1. The number of aromatic nitrogens is 1. The quantitative estimate of drug-likeness (QED) is 0.394. The van der Waals surface area contributed by atoms with Crippen LogP contribution in [0, 0.1) is 6.92 Å². The Kier molecular flexibility index (Phi) is 6.71. The van der Waals surface area contributed by atoms with Gasteiger partial charge in [0.25, 0.3) is 11.8 Å². The highest BCUT2D eigenvalue weighted by atomic mass is 127. The number of nitrogens with one attached hydrogen (secondary N) is 1. The van der Waals surface area contributed by atoms with Crippen molar-refractivity contribution < 1.29 is 42.9 Å². The van der Waals surface area contributed by atoms with Gasteiger partial charge in [-0.05, 0) is 43.3 Å². The summed E-state index contributed by atoms with van der Waals surface area (Å²) in [6, 6.07) is 19.6. The minimum atomic E-state index is -0.776. The fourth-order valence-electron chi connectivity index (χ4n) is 3.51. The van der Waals surface area contributed by atoms with Crippen LogP contribution < -0.4 is 43.5 Å². The topological polar surface area (TPSA) is 62.5 Å². The van der Waals surface area contributed by atoms with Gasteiger partial charge in [0.15, 0.2) is 6.20 Å². The first kappa shape index (κ1) is 21.8. The number of methoxy groups -OCH3 is 1. The van der Waals surface area contributed by atoms with Crippen molar-refractivity contribution in [1.82, 2.24) is 0 Å². The SMILES string of the molecule is COc1ccc(NC(=O)C2c3cccc[n+]3CC(=O)N2c2ccc(C)cc2)cc1.[I-]. The van der Waals surface area contributed by atoms with Gasteiger partial charge in [-0.25, -0.2) is 0 Å². The Labute approximate surface area is 192 Å². The molecule has 1 N–H and O–H groups in total. The maximum atomic E-state index is 13.3. The molecule has 1 aromatic heterocycles. The van der Waals surface area contributed by atoms with Gasteiger partial charge in [-0.3, -0.25) is 14.5 Å². The van der Waals surface area contributed by atoms with E-state index in [9.17, 15) is 9.59 Å². The smallest absolute Gasteiger partial charge is 0.294 e. The van der Waals surface area contributed by atoms with Crippen LogP contribution in [0.1, 0.15) is 17.3 Å². The molecule has 0 aliphatic carbocycles. The molecule has 7 heteroatoms. The highest BCUT2D eigenvalue weighted by molar-refractivity contribution is 6.05. The van der Waals surface area contributed by atoms with Crippen molar-refractivity contribution in [3.63, 3.8) is 0 Å². The summed E-state index contributed by atoms with van der Waals surface area (Å²) in [4.78, 5) is 27.9. The van der Waals surface area contributed by atoms with Crippen LogP contribution in [0.3, 0.4) is 0 Å². The van der Waals surface area contributed by atoms with E-state index in [4.69, 9.17) is 4.74 Å². The molecule has 0 spiro atoms. The lowest BCUT2D eigenvalue weighted by atomic mass is 10.0. The number of hydrogen-bond donors (Lipinski definition) is 1. The summed E-state index contributed by atoms with van der Waals surface area (Å²) >= 11 is 0. The van der Waals surface area contributed by atoms with Gasteiger partial charge in [0.2, 0.25) is 18.3 Å². The van der Waals surface area contributed by atoms with Crippen LogP contribution in [-0.4, -0.2) is 18.9 Å². The third-order valence-corrected chi connectivity index (χ3v) is 5.01. The van der Waals surface area contributed by atoms with Gasteiger partial charge in [-0.15, -0.1) is 0 Å². The van der Waals surface area contributed by atoms with Gasteiger partial charge < -0.3 is 34.0 Å². The fraction of sp³-hybridized carbons (Fsp3) is 0.174. The molecule has 6 nitrogen and oxygen atoms in total. The van der Waals surface area contributed by atoms with Gasteiger partial charge in [-0.2, -0.15) is 4.57 Å². The second-order valence-electron chi connectivity index (χ2n) is 6.97. The Morgan fingerprint density at radius 2 is 1.77 bits per heavy atom. The van der Waals surface area contributed by atoms with Gasteiger partial charge in [0, 0.05) is 23.5 Å². The van der Waals surface area contributed by atoms with E-state index in [0.717, 1.165) is 11.3 Å². The van der Waals surface area contributed by atoms with E-state index < -0.39 is 6.04 Å². The van der Waals surface area contributed by atoms with Gasteiger partial charge >= 0.3 is 0 Å². The van der Waals surface area contributed by atoms with Crippen LogP contribution in [0.25, 0.3) is 0 Å². The minimum Gasteiger partial charge on any atom is -1.00 e. The first-order chi connectivity index (χ1) is 14.1. The molecule has 1 aliphatic heterocycles. The average molecular weight is 515 g/mol. The number of carbonyl (C=O) groups excluding carboxylic acids is 2. The molecule has 30 heavy (non-hydrogen) atoms. The van der Waals surface area contributed by atoms with Crippen LogP contribution in [0.15, 0.2) is 72.9 Å². The van der Waals surface area contributed by atoms with E-state index in [1.165, 1.54) is 0 Å². The standard InChI is InChI=1S/C23H21N3O3.HI/c1-16-6-10-18(11-7-16)26-21(27)15-25-14-4-3-5-20(25)22(26)23(28)24-17-8-12-19(29-2)13-9-17;/h3-14,22H,15H2,1-2H3;1H. The first-order valence-corrected chi connectivity index (χ1v) is 9.39. The second kappa shape index (κ2) is 9.25. The zero-order chi connectivity index (χ0) is 20.4. The van der Waals surface area contributed by atoms with Crippen molar-refractivity contribution in [2.75, 3.05) is 17.3 Å². The summed E-state index contributed by atoms with van der Waals surface area (Å²) in [6.07, 6.45) is 1.83. The molecular weight excluding hydrogens is 493 g/mol. The van der Waals surface area contributed by atoms with Gasteiger partial charge in [0.05, 0.1) is 7.11 Å². The second-order valence-corrected chi connectivity index (χ2v) is 6.97. The molecule has 0 fully saturated rings. The van der Waals surface area contributed by atoms with Crippen LogP contribution in [0.5, 0.6) is 5.75 Å². The Balaban J connectivity index is 0.00000256. The molecule has 0 bridgehead atoms. The van der Waals surface area contributed by atoms with Crippen LogP contribution >= 0.6 is 0 Å². The molecule has 1 aliphatic rings. The monoisotopic (exact) mass is 515 g/mol. The van der Waals surface area contributed by atoms with Gasteiger partial charge in [0.1, 0.15) is 5.75 Å². The predicted octanol–water partition coefficient (Wildman–Crippen LogP) is 0.0217. The van der Waals surface area contributed by atoms with Crippen molar-refractivity contribution in [3.05, 3.63) is 84.2 Å². The number of carbonyl (C=O) groups is 2. The summed E-state index contributed by atoms with van der Waals surface area (Å²) < 4.78 is 6.99. The summed E-state index contributed by atoms with van der Waals surface area (Å²) in [7, 11) is 1.59. The highest BCUT2D eigenvalue weighted by Gasteiger charge is 2.43. The number of hydrogen-bond acceptors (Lipinski definition) is 3. The molecular formula is C23H22IN3O3. The Morgan fingerprint density at radius 3 is 2.43 bits per heavy atom. The van der Waals surface area contributed by atoms with E-state index in [-0.39, 0.29) is 42.3 Å². The Hall–Kier alpha value is -2.94. The Morgan fingerprint density at radius 1 is 1.07 bits per heavy atom. The normalized spacial score (nSPS) is 15.1. The number of amides is 2. The summed E-state index contributed by atoms with van der Waals surface area (Å²) in [5.74, 6) is 0.300. The van der Waals surface area contributed by atoms with E-state index in [0.29, 0.717) is 17.1 Å². The third kappa shape index (κ3) is 4.30. The minimum absolute atomic E-state index is 0. The van der Waals surface area contributed by atoms with E-state index in [2.05, 4.69) is 5.32 Å². The molecule has 2 amide bonds. The molecule has 1 atom stereocenters. The average Bonchev–Trinajstić information content (AvgIpc) is 2.74. The van der Waals surface area contributed by atoms with Crippen LogP contribution in [0.4, 0.5) is 11.4 Å².